The quantitative estimate of drug-likeness (QED) is 0.0261. The molecule has 6 heteroatoms. The van der Waals surface area contributed by atoms with Crippen molar-refractivity contribution in [3.63, 3.8) is 0 Å². The molecule has 0 spiro atoms. The zero-order valence-electron chi connectivity index (χ0n) is 53.5. The Morgan fingerprint density at radius 1 is 0.259 bits per heavy atom. The summed E-state index contributed by atoms with van der Waals surface area (Å²) >= 11 is 0. The Kier molecular flexibility index (Phi) is 65.7. The van der Waals surface area contributed by atoms with Gasteiger partial charge in [0.1, 0.15) is 13.2 Å². The van der Waals surface area contributed by atoms with Crippen molar-refractivity contribution in [2.45, 2.75) is 348 Å². The molecule has 6 nitrogen and oxygen atoms in total. The van der Waals surface area contributed by atoms with Crippen LogP contribution >= 0.6 is 0 Å². The molecule has 0 aromatic carbocycles. The fourth-order valence-electron chi connectivity index (χ4n) is 9.89. The van der Waals surface area contributed by atoms with Gasteiger partial charge in [-0.25, -0.2) is 0 Å². The Balaban J connectivity index is 4.26. The molecule has 0 aromatic rings. The molecule has 0 radical (unpaired) electrons. The second-order valence-corrected chi connectivity index (χ2v) is 23.1. The lowest BCUT2D eigenvalue weighted by molar-refractivity contribution is -0.167. The number of unbranched alkanes of at least 4 members (excludes halogenated alkanes) is 36. The van der Waals surface area contributed by atoms with Gasteiger partial charge in [-0.3, -0.25) is 14.4 Å². The van der Waals surface area contributed by atoms with E-state index >= 15 is 0 Å². The van der Waals surface area contributed by atoms with Crippen LogP contribution < -0.4 is 0 Å². The molecule has 0 amide bonds. The maximum Gasteiger partial charge on any atom is 0.306 e. The highest BCUT2D eigenvalue weighted by molar-refractivity contribution is 5.71. The fraction of sp³-hybridized carbons (Fsp3) is 0.747. The van der Waals surface area contributed by atoms with E-state index in [-0.39, 0.29) is 31.1 Å². The van der Waals surface area contributed by atoms with E-state index in [0.29, 0.717) is 19.3 Å². The number of esters is 3. The number of carbonyl (C=O) groups excluding carboxylic acids is 3. The monoisotopic (exact) mass is 1130 g/mol. The minimum Gasteiger partial charge on any atom is -0.462 e. The van der Waals surface area contributed by atoms with Gasteiger partial charge >= 0.3 is 17.9 Å². The third-order valence-corrected chi connectivity index (χ3v) is 15.1. The number of hydrogen-bond donors (Lipinski definition) is 0. The highest BCUT2D eigenvalue weighted by Gasteiger charge is 2.19. The van der Waals surface area contributed by atoms with Gasteiger partial charge in [0.05, 0.1) is 0 Å². The summed E-state index contributed by atoms with van der Waals surface area (Å²) in [6.07, 6.45) is 92.8. The van der Waals surface area contributed by atoms with Crippen molar-refractivity contribution < 1.29 is 28.6 Å². The molecule has 1 atom stereocenters. The summed E-state index contributed by atoms with van der Waals surface area (Å²) in [6.45, 7) is 6.53. The van der Waals surface area contributed by atoms with Crippen LogP contribution in [-0.4, -0.2) is 37.2 Å². The van der Waals surface area contributed by atoms with Crippen LogP contribution in [0.4, 0.5) is 0 Å². The molecule has 0 aliphatic carbocycles. The first-order valence-electron chi connectivity index (χ1n) is 34.7. The molecule has 0 aliphatic rings. The van der Waals surface area contributed by atoms with Gasteiger partial charge in [0.15, 0.2) is 6.10 Å². The van der Waals surface area contributed by atoms with Crippen molar-refractivity contribution in [2.75, 3.05) is 13.2 Å². The average Bonchev–Trinajstić information content (AvgIpc) is 3.47. The third kappa shape index (κ3) is 67.0. The highest BCUT2D eigenvalue weighted by Crippen LogP contribution is 2.17. The van der Waals surface area contributed by atoms with E-state index in [1.807, 2.05) is 0 Å². The standard InChI is InChI=1S/C75H130O6/c1-4-7-10-13-16-19-22-25-28-30-31-32-33-34-35-36-37-38-39-40-41-42-43-45-47-50-53-56-59-62-65-68-74(77)80-71-72(70-79-73(76)67-64-61-58-55-52-49-46-27-24-21-18-15-12-9-6-3)81-75(78)69-66-63-60-57-54-51-48-44-29-26-23-20-17-14-11-8-5-2/h7,10,16,18-19,21,25,27-28,31-32,34-35,37-38,46,72H,4-6,8-9,11-15,17,20,22-24,26,29-30,33,36,39-45,47-71H2,1-3H3/b10-7-,19-16-,21-18-,28-25-,32-31-,35-34-,38-37-,46-27-. The molecule has 0 saturated heterocycles. The van der Waals surface area contributed by atoms with Crippen molar-refractivity contribution in [1.82, 2.24) is 0 Å². The van der Waals surface area contributed by atoms with Gasteiger partial charge in [-0.2, -0.15) is 0 Å². The van der Waals surface area contributed by atoms with Crippen LogP contribution in [0.2, 0.25) is 0 Å². The topological polar surface area (TPSA) is 78.9 Å². The van der Waals surface area contributed by atoms with Gasteiger partial charge in [-0.15, -0.1) is 0 Å². The van der Waals surface area contributed by atoms with Gasteiger partial charge < -0.3 is 14.2 Å². The van der Waals surface area contributed by atoms with Crippen molar-refractivity contribution in [2.24, 2.45) is 0 Å². The fourth-order valence-corrected chi connectivity index (χ4v) is 9.89. The predicted molar refractivity (Wildman–Crippen MR) is 353 cm³/mol. The summed E-state index contributed by atoms with van der Waals surface area (Å²) in [4.78, 5) is 38.4. The number of carbonyl (C=O) groups is 3. The average molecular weight is 1130 g/mol. The van der Waals surface area contributed by atoms with Crippen LogP contribution in [0, 0.1) is 0 Å². The Morgan fingerprint density at radius 2 is 0.481 bits per heavy atom. The number of ether oxygens (including phenoxy) is 3. The van der Waals surface area contributed by atoms with Gasteiger partial charge in [0.25, 0.3) is 0 Å². The van der Waals surface area contributed by atoms with E-state index in [2.05, 4.69) is 118 Å². The molecule has 0 saturated carbocycles. The van der Waals surface area contributed by atoms with Crippen LogP contribution in [0.25, 0.3) is 0 Å². The van der Waals surface area contributed by atoms with Gasteiger partial charge in [0, 0.05) is 19.3 Å². The first-order chi connectivity index (χ1) is 40.0. The Bertz CT molecular complexity index is 1580. The Hall–Kier alpha value is -3.67. The summed E-state index contributed by atoms with van der Waals surface area (Å²) in [5.41, 5.74) is 0. The Morgan fingerprint density at radius 3 is 0.778 bits per heavy atom. The lowest BCUT2D eigenvalue weighted by atomic mass is 10.0. The summed E-state index contributed by atoms with van der Waals surface area (Å²) in [7, 11) is 0. The van der Waals surface area contributed by atoms with Crippen molar-refractivity contribution in [3.8, 4) is 0 Å². The molecule has 81 heavy (non-hydrogen) atoms. The number of hydrogen-bond acceptors (Lipinski definition) is 6. The lowest BCUT2D eigenvalue weighted by Gasteiger charge is -2.18. The molecule has 0 N–H and O–H groups in total. The van der Waals surface area contributed by atoms with Crippen molar-refractivity contribution in [1.29, 1.82) is 0 Å². The molecule has 0 aliphatic heterocycles. The maximum absolute atomic E-state index is 12.9. The zero-order valence-corrected chi connectivity index (χ0v) is 53.5. The largest absolute Gasteiger partial charge is 0.462 e. The minimum atomic E-state index is -0.783. The van der Waals surface area contributed by atoms with E-state index in [9.17, 15) is 14.4 Å². The zero-order chi connectivity index (χ0) is 58.5. The summed E-state index contributed by atoms with van der Waals surface area (Å²) in [6, 6.07) is 0. The van der Waals surface area contributed by atoms with Crippen LogP contribution in [0.15, 0.2) is 97.2 Å². The molecule has 0 rings (SSSR count). The van der Waals surface area contributed by atoms with Crippen LogP contribution in [-0.2, 0) is 28.6 Å². The van der Waals surface area contributed by atoms with Crippen LogP contribution in [0.1, 0.15) is 342 Å². The van der Waals surface area contributed by atoms with Gasteiger partial charge in [0.2, 0.25) is 0 Å². The maximum atomic E-state index is 12.9. The third-order valence-electron chi connectivity index (χ3n) is 15.1. The summed E-state index contributed by atoms with van der Waals surface area (Å²) in [5, 5.41) is 0. The molecule has 0 aromatic heterocycles. The molecule has 0 fully saturated rings. The summed E-state index contributed by atoms with van der Waals surface area (Å²) in [5.74, 6) is -0.878. The van der Waals surface area contributed by atoms with E-state index in [0.717, 1.165) is 116 Å². The first-order valence-corrected chi connectivity index (χ1v) is 34.7. The highest BCUT2D eigenvalue weighted by atomic mass is 16.6. The van der Waals surface area contributed by atoms with Gasteiger partial charge in [-0.1, -0.05) is 317 Å². The molecule has 0 bridgehead atoms. The van der Waals surface area contributed by atoms with Crippen LogP contribution in [0.5, 0.6) is 0 Å². The van der Waals surface area contributed by atoms with Crippen molar-refractivity contribution in [3.05, 3.63) is 97.2 Å². The number of allylic oxidation sites excluding steroid dienone is 16. The Labute approximate surface area is 502 Å². The SMILES string of the molecule is CC/C=C\C/C=C\C/C=C\C/C=C\C/C=C\C/C=C\CCCCCCCCCCCCCCC(=O)OCC(COC(=O)CCCCCCC/C=C\C/C=C\CCCCC)OC(=O)CCCCCCCCCCCCCCCCCCC. The first kappa shape index (κ1) is 77.3. The van der Waals surface area contributed by atoms with Crippen molar-refractivity contribution >= 4 is 17.9 Å². The van der Waals surface area contributed by atoms with E-state index in [1.165, 1.54) is 186 Å². The lowest BCUT2D eigenvalue weighted by Crippen LogP contribution is -2.30. The molecular weight excluding hydrogens is 997 g/mol. The molecule has 0 heterocycles. The van der Waals surface area contributed by atoms with E-state index < -0.39 is 6.10 Å². The second-order valence-electron chi connectivity index (χ2n) is 23.1. The summed E-state index contributed by atoms with van der Waals surface area (Å²) < 4.78 is 17.0. The smallest absolute Gasteiger partial charge is 0.306 e. The van der Waals surface area contributed by atoms with Gasteiger partial charge in [-0.05, 0) is 103 Å². The molecule has 1 unspecified atom stereocenters. The normalized spacial score (nSPS) is 12.7. The number of rotatable bonds is 63. The minimum absolute atomic E-state index is 0.0793. The van der Waals surface area contributed by atoms with E-state index in [1.54, 1.807) is 0 Å². The van der Waals surface area contributed by atoms with Crippen LogP contribution in [0.3, 0.4) is 0 Å². The van der Waals surface area contributed by atoms with E-state index in [4.69, 9.17) is 14.2 Å². The second kappa shape index (κ2) is 68.8. The molecular formula is C75H130O6. The molecule has 466 valence electrons. The predicted octanol–water partition coefficient (Wildman–Crippen LogP) is 24.0.